The van der Waals surface area contributed by atoms with Crippen molar-refractivity contribution in [2.45, 2.75) is 4.90 Å². The van der Waals surface area contributed by atoms with E-state index in [4.69, 9.17) is 10.5 Å². The van der Waals surface area contributed by atoms with Crippen molar-refractivity contribution in [2.24, 2.45) is 0 Å². The van der Waals surface area contributed by atoms with Crippen LogP contribution in [0.2, 0.25) is 0 Å². The van der Waals surface area contributed by atoms with Crippen LogP contribution in [0, 0.1) is 0 Å². The lowest BCUT2D eigenvalue weighted by Gasteiger charge is -2.16. The Morgan fingerprint density at radius 3 is 2.70 bits per heavy atom. The number of phenolic OH excluding ortho intramolecular Hbond substituents is 1. The van der Waals surface area contributed by atoms with Gasteiger partial charge in [0.1, 0.15) is 5.75 Å². The molecule has 1 aromatic rings. The fourth-order valence-electron chi connectivity index (χ4n) is 1.51. The molecule has 1 aromatic carbocycles. The molecule has 0 heterocycles. The minimum atomic E-state index is -3.61. The molecule has 0 spiro atoms. The van der Waals surface area contributed by atoms with Crippen LogP contribution in [0.25, 0.3) is 0 Å². The molecule has 0 aliphatic rings. The maximum atomic E-state index is 12.0. The third-order valence-corrected chi connectivity index (χ3v) is 4.23. The second-order valence-corrected chi connectivity index (χ2v) is 6.18. The van der Waals surface area contributed by atoms with Crippen molar-refractivity contribution in [3.8, 4) is 5.75 Å². The number of likely N-dealkylation sites (N-methyl/N-ethyl adjacent to an activating group) is 1. The molecule has 0 aromatic heterocycles. The zero-order valence-corrected chi connectivity index (χ0v) is 12.5. The molecule has 8 heteroatoms. The van der Waals surface area contributed by atoms with Crippen LogP contribution < -0.4 is 10.5 Å². The topological polar surface area (TPSA) is 105 Å². The maximum absolute atomic E-state index is 12.0. The first-order valence-corrected chi connectivity index (χ1v) is 7.61. The molecule has 0 saturated heterocycles. The molecule has 1 rings (SSSR count). The molecule has 20 heavy (non-hydrogen) atoms. The van der Waals surface area contributed by atoms with Gasteiger partial charge in [-0.05, 0) is 25.2 Å². The van der Waals surface area contributed by atoms with Gasteiger partial charge in [-0.2, -0.15) is 0 Å². The zero-order valence-electron chi connectivity index (χ0n) is 11.7. The van der Waals surface area contributed by atoms with Gasteiger partial charge in [-0.15, -0.1) is 0 Å². The highest BCUT2D eigenvalue weighted by molar-refractivity contribution is 7.89. The number of sulfonamides is 1. The minimum absolute atomic E-state index is 0.0325. The van der Waals surface area contributed by atoms with Gasteiger partial charge in [0.15, 0.2) is 0 Å². The molecule has 4 N–H and O–H groups in total. The van der Waals surface area contributed by atoms with Gasteiger partial charge in [-0.3, -0.25) is 0 Å². The number of ether oxygens (including phenoxy) is 1. The maximum Gasteiger partial charge on any atom is 0.240 e. The monoisotopic (exact) mass is 303 g/mol. The van der Waals surface area contributed by atoms with Crippen LogP contribution >= 0.6 is 0 Å². The Balaban J connectivity index is 2.55. The second-order valence-electron chi connectivity index (χ2n) is 4.41. The van der Waals surface area contributed by atoms with Crippen LogP contribution in [0.1, 0.15) is 0 Å². The molecule has 0 bridgehead atoms. The van der Waals surface area contributed by atoms with Crippen molar-refractivity contribution in [1.82, 2.24) is 9.62 Å². The molecule has 0 saturated carbocycles. The van der Waals surface area contributed by atoms with Gasteiger partial charge in [-0.25, -0.2) is 13.1 Å². The average Bonchev–Trinajstić information content (AvgIpc) is 2.39. The Labute approximate surface area is 119 Å². The van der Waals surface area contributed by atoms with E-state index < -0.39 is 10.0 Å². The number of nitrogens with two attached hydrogens (primary N) is 1. The summed E-state index contributed by atoms with van der Waals surface area (Å²) >= 11 is 0. The SMILES string of the molecule is COCCN(C)CCNS(=O)(=O)c1ccc(O)c(N)c1. The molecule has 0 fully saturated rings. The summed E-state index contributed by atoms with van der Waals surface area (Å²) < 4.78 is 31.4. The fraction of sp³-hybridized carbons (Fsp3) is 0.500. The average molecular weight is 303 g/mol. The molecule has 7 nitrogen and oxygen atoms in total. The van der Waals surface area contributed by atoms with Gasteiger partial charge in [-0.1, -0.05) is 0 Å². The lowest BCUT2D eigenvalue weighted by atomic mass is 10.3. The summed E-state index contributed by atoms with van der Waals surface area (Å²) in [5, 5.41) is 9.28. The normalized spacial score (nSPS) is 11.9. The summed E-state index contributed by atoms with van der Waals surface area (Å²) in [5.41, 5.74) is 5.52. The summed E-state index contributed by atoms with van der Waals surface area (Å²) in [5.74, 6) is -0.136. The summed E-state index contributed by atoms with van der Waals surface area (Å²) in [6.45, 7) is 2.17. The highest BCUT2D eigenvalue weighted by Gasteiger charge is 2.15. The summed E-state index contributed by atoms with van der Waals surface area (Å²) in [6.07, 6.45) is 0. The number of nitrogen functional groups attached to an aromatic ring is 1. The molecular formula is C12H21N3O4S. The number of rotatable bonds is 8. The number of phenols is 1. The quantitative estimate of drug-likeness (QED) is 0.455. The standard InChI is InChI=1S/C12H21N3O4S/c1-15(7-8-19-2)6-5-14-20(17,18)10-3-4-12(16)11(13)9-10/h3-4,9,14,16H,5-8,13H2,1-2H3. The minimum Gasteiger partial charge on any atom is -0.506 e. The van der Waals surface area contributed by atoms with Crippen molar-refractivity contribution in [3.63, 3.8) is 0 Å². The number of nitrogens with one attached hydrogen (secondary N) is 1. The van der Waals surface area contributed by atoms with Gasteiger partial charge < -0.3 is 20.5 Å². The van der Waals surface area contributed by atoms with E-state index in [1.807, 2.05) is 11.9 Å². The largest absolute Gasteiger partial charge is 0.506 e. The number of nitrogens with zero attached hydrogens (tertiary/aromatic N) is 1. The zero-order chi connectivity index (χ0) is 15.2. The van der Waals surface area contributed by atoms with Crippen LogP contribution in [-0.2, 0) is 14.8 Å². The van der Waals surface area contributed by atoms with Crippen LogP contribution in [0.4, 0.5) is 5.69 Å². The van der Waals surface area contributed by atoms with Crippen molar-refractivity contribution in [3.05, 3.63) is 18.2 Å². The molecule has 0 amide bonds. The van der Waals surface area contributed by atoms with E-state index in [-0.39, 0.29) is 22.9 Å². The van der Waals surface area contributed by atoms with Crippen molar-refractivity contribution < 1.29 is 18.3 Å². The third-order valence-electron chi connectivity index (χ3n) is 2.77. The fourth-order valence-corrected chi connectivity index (χ4v) is 2.57. The van der Waals surface area contributed by atoms with Crippen LogP contribution in [0.3, 0.4) is 0 Å². The number of methoxy groups -OCH3 is 1. The predicted octanol–water partition coefficient (Wildman–Crippen LogP) is -0.169. The van der Waals surface area contributed by atoms with E-state index in [9.17, 15) is 13.5 Å². The van der Waals surface area contributed by atoms with Crippen molar-refractivity contribution >= 4 is 15.7 Å². The molecule has 0 atom stereocenters. The van der Waals surface area contributed by atoms with Gasteiger partial charge in [0.05, 0.1) is 17.2 Å². The Morgan fingerprint density at radius 1 is 1.40 bits per heavy atom. The van der Waals surface area contributed by atoms with Gasteiger partial charge in [0.25, 0.3) is 0 Å². The highest BCUT2D eigenvalue weighted by Crippen LogP contribution is 2.22. The summed E-state index contributed by atoms with van der Waals surface area (Å²) in [6, 6.07) is 3.80. The number of hydrogen-bond donors (Lipinski definition) is 3. The first-order valence-electron chi connectivity index (χ1n) is 6.12. The molecular weight excluding hydrogens is 282 g/mol. The third kappa shape index (κ3) is 4.97. The lowest BCUT2D eigenvalue weighted by Crippen LogP contribution is -2.34. The number of aromatic hydroxyl groups is 1. The highest BCUT2D eigenvalue weighted by atomic mass is 32.2. The molecule has 0 unspecified atom stereocenters. The summed E-state index contributed by atoms with van der Waals surface area (Å²) in [7, 11) is -0.117. The first-order chi connectivity index (χ1) is 9.36. The van der Waals surface area contributed by atoms with Crippen LogP contribution in [0.5, 0.6) is 5.75 Å². The van der Waals surface area contributed by atoms with E-state index in [0.29, 0.717) is 13.2 Å². The Hall–Kier alpha value is -1.35. The predicted molar refractivity (Wildman–Crippen MR) is 77.1 cm³/mol. The molecule has 0 radical (unpaired) electrons. The Bertz CT molecular complexity index is 534. The first kappa shape index (κ1) is 16.7. The van der Waals surface area contributed by atoms with E-state index in [2.05, 4.69) is 4.72 Å². The van der Waals surface area contributed by atoms with Crippen LogP contribution in [-0.4, -0.2) is 58.8 Å². The van der Waals surface area contributed by atoms with Gasteiger partial charge in [0.2, 0.25) is 10.0 Å². The molecule has 0 aliphatic carbocycles. The number of benzene rings is 1. The Kier molecular flexibility index (Phi) is 6.21. The van der Waals surface area contributed by atoms with E-state index >= 15 is 0 Å². The Morgan fingerprint density at radius 2 is 2.10 bits per heavy atom. The van der Waals surface area contributed by atoms with Crippen molar-refractivity contribution in [1.29, 1.82) is 0 Å². The number of hydrogen-bond acceptors (Lipinski definition) is 6. The lowest BCUT2D eigenvalue weighted by molar-refractivity contribution is 0.162. The number of anilines is 1. The van der Waals surface area contributed by atoms with E-state index in [1.165, 1.54) is 18.2 Å². The smallest absolute Gasteiger partial charge is 0.240 e. The molecule has 0 aliphatic heterocycles. The van der Waals surface area contributed by atoms with E-state index in [0.717, 1.165) is 6.54 Å². The summed E-state index contributed by atoms with van der Waals surface area (Å²) in [4.78, 5) is 1.99. The second kappa shape index (κ2) is 7.44. The van der Waals surface area contributed by atoms with Gasteiger partial charge in [0, 0.05) is 26.7 Å². The molecule has 114 valence electrons. The van der Waals surface area contributed by atoms with Crippen LogP contribution in [0.15, 0.2) is 23.1 Å². The van der Waals surface area contributed by atoms with Gasteiger partial charge >= 0.3 is 0 Å². The van der Waals surface area contributed by atoms with Crippen molar-refractivity contribution in [2.75, 3.05) is 46.1 Å². The van der Waals surface area contributed by atoms with E-state index in [1.54, 1.807) is 7.11 Å².